The van der Waals surface area contributed by atoms with Crippen molar-refractivity contribution in [2.45, 2.75) is 32.2 Å². The van der Waals surface area contributed by atoms with Crippen LogP contribution in [0.2, 0.25) is 0 Å². The number of cyclic esters (lactones) is 1. The van der Waals surface area contributed by atoms with Crippen LogP contribution in [0.1, 0.15) is 35.6 Å². The molecule has 0 aliphatic carbocycles. The molecule has 0 radical (unpaired) electrons. The van der Waals surface area contributed by atoms with E-state index in [0.717, 1.165) is 17.7 Å². The summed E-state index contributed by atoms with van der Waals surface area (Å²) in [6, 6.07) is 12.0. The summed E-state index contributed by atoms with van der Waals surface area (Å²) < 4.78 is 7.09. The second kappa shape index (κ2) is 7.54. The van der Waals surface area contributed by atoms with Crippen molar-refractivity contribution in [1.29, 1.82) is 0 Å². The SMILES string of the molecule is CC(C)Cc1cc(C(=O)N2CCN3C(=O)OCC3(Cc3ccccc3)C2)n(C)n1. The number of nitrogens with zero attached hydrogens (tertiary/aromatic N) is 4. The van der Waals surface area contributed by atoms with Crippen LogP contribution >= 0.6 is 0 Å². The van der Waals surface area contributed by atoms with Crippen LogP contribution in [0.15, 0.2) is 36.4 Å². The highest BCUT2D eigenvalue weighted by Crippen LogP contribution is 2.33. The first kappa shape index (κ1) is 19.5. The van der Waals surface area contributed by atoms with Gasteiger partial charge in [-0.05, 0) is 24.0 Å². The summed E-state index contributed by atoms with van der Waals surface area (Å²) >= 11 is 0. The third-order valence-electron chi connectivity index (χ3n) is 5.77. The van der Waals surface area contributed by atoms with E-state index in [1.54, 1.807) is 9.58 Å². The van der Waals surface area contributed by atoms with Crippen LogP contribution in [0.5, 0.6) is 0 Å². The molecule has 2 fully saturated rings. The minimum absolute atomic E-state index is 0.0403. The van der Waals surface area contributed by atoms with E-state index in [9.17, 15) is 9.59 Å². The number of carbonyl (C=O) groups excluding carboxylic acids is 2. The molecule has 2 saturated heterocycles. The lowest BCUT2D eigenvalue weighted by Gasteiger charge is -2.44. The Labute approximate surface area is 171 Å². The predicted octanol–water partition coefficient (Wildman–Crippen LogP) is 2.51. The quantitative estimate of drug-likeness (QED) is 0.779. The number of aryl methyl sites for hydroxylation is 1. The zero-order valence-corrected chi connectivity index (χ0v) is 17.3. The van der Waals surface area contributed by atoms with Gasteiger partial charge < -0.3 is 9.64 Å². The molecule has 2 aromatic rings. The largest absolute Gasteiger partial charge is 0.447 e. The topological polar surface area (TPSA) is 67.7 Å². The Kier molecular flexibility index (Phi) is 5.06. The molecule has 3 heterocycles. The fourth-order valence-electron chi connectivity index (χ4n) is 4.42. The normalized spacial score (nSPS) is 21.4. The van der Waals surface area contributed by atoms with Crippen LogP contribution in [0, 0.1) is 5.92 Å². The number of benzene rings is 1. The molecule has 2 aliphatic heterocycles. The molecule has 7 heteroatoms. The third kappa shape index (κ3) is 3.73. The first-order valence-corrected chi connectivity index (χ1v) is 10.2. The van der Waals surface area contributed by atoms with Crippen molar-refractivity contribution in [3.63, 3.8) is 0 Å². The second-order valence-corrected chi connectivity index (χ2v) is 8.56. The minimum atomic E-state index is -0.522. The van der Waals surface area contributed by atoms with E-state index in [1.807, 2.05) is 36.2 Å². The van der Waals surface area contributed by atoms with Gasteiger partial charge in [0.1, 0.15) is 17.8 Å². The number of rotatable bonds is 5. The van der Waals surface area contributed by atoms with Crippen molar-refractivity contribution >= 4 is 12.0 Å². The maximum atomic E-state index is 13.3. The number of piperazine rings is 1. The molecule has 0 bridgehead atoms. The molecule has 1 aromatic carbocycles. The van der Waals surface area contributed by atoms with Gasteiger partial charge in [-0.3, -0.25) is 14.4 Å². The molecule has 4 rings (SSSR count). The van der Waals surface area contributed by atoms with Gasteiger partial charge in [-0.15, -0.1) is 0 Å². The van der Waals surface area contributed by atoms with Crippen molar-refractivity contribution in [3.05, 3.63) is 53.3 Å². The van der Waals surface area contributed by atoms with Gasteiger partial charge in [0.2, 0.25) is 0 Å². The standard InChI is InChI=1S/C22H28N4O3/c1-16(2)11-18-12-19(24(3)23-18)20(27)25-9-10-26-21(28)29-15-22(26,14-25)13-17-7-5-4-6-8-17/h4-8,12,16H,9-11,13-15H2,1-3H3. The van der Waals surface area contributed by atoms with Gasteiger partial charge in [0.15, 0.2) is 0 Å². The number of ether oxygens (including phenoxy) is 1. The predicted molar refractivity (Wildman–Crippen MR) is 109 cm³/mol. The van der Waals surface area contributed by atoms with Crippen LogP contribution in [-0.4, -0.2) is 63.4 Å². The van der Waals surface area contributed by atoms with Crippen molar-refractivity contribution in [2.24, 2.45) is 13.0 Å². The molecule has 1 atom stereocenters. The van der Waals surface area contributed by atoms with Crippen LogP contribution in [0.4, 0.5) is 4.79 Å². The maximum Gasteiger partial charge on any atom is 0.410 e. The molecular formula is C22H28N4O3. The van der Waals surface area contributed by atoms with E-state index in [4.69, 9.17) is 4.74 Å². The van der Waals surface area contributed by atoms with Gasteiger partial charge >= 0.3 is 6.09 Å². The smallest absolute Gasteiger partial charge is 0.410 e. The Morgan fingerprint density at radius 1 is 1.24 bits per heavy atom. The Balaban J connectivity index is 1.57. The molecule has 0 N–H and O–H groups in total. The molecule has 1 aromatic heterocycles. The highest BCUT2D eigenvalue weighted by Gasteiger charge is 2.51. The lowest BCUT2D eigenvalue weighted by atomic mass is 9.88. The number of hydrogen-bond donors (Lipinski definition) is 0. The summed E-state index contributed by atoms with van der Waals surface area (Å²) in [4.78, 5) is 29.2. The lowest BCUT2D eigenvalue weighted by molar-refractivity contribution is 0.0367. The molecule has 7 nitrogen and oxygen atoms in total. The van der Waals surface area contributed by atoms with E-state index in [2.05, 4.69) is 31.1 Å². The number of fused-ring (bicyclic) bond motifs is 1. The summed E-state index contributed by atoms with van der Waals surface area (Å²) in [7, 11) is 1.81. The summed E-state index contributed by atoms with van der Waals surface area (Å²) in [5, 5.41) is 4.51. The van der Waals surface area contributed by atoms with Crippen LogP contribution in [0.25, 0.3) is 0 Å². The molecule has 0 saturated carbocycles. The van der Waals surface area contributed by atoms with Crippen molar-refractivity contribution in [1.82, 2.24) is 19.6 Å². The van der Waals surface area contributed by atoms with Crippen LogP contribution in [0.3, 0.4) is 0 Å². The lowest BCUT2D eigenvalue weighted by Crippen LogP contribution is -2.63. The monoisotopic (exact) mass is 396 g/mol. The Morgan fingerprint density at radius 3 is 2.72 bits per heavy atom. The first-order valence-electron chi connectivity index (χ1n) is 10.2. The van der Waals surface area contributed by atoms with Crippen molar-refractivity contribution < 1.29 is 14.3 Å². The fraction of sp³-hybridized carbons (Fsp3) is 0.500. The average molecular weight is 396 g/mol. The van der Waals surface area contributed by atoms with Gasteiger partial charge in [0.05, 0.1) is 5.69 Å². The van der Waals surface area contributed by atoms with Crippen molar-refractivity contribution in [3.8, 4) is 0 Å². The van der Waals surface area contributed by atoms with Crippen molar-refractivity contribution in [2.75, 3.05) is 26.2 Å². The Bertz CT molecular complexity index is 908. The zero-order chi connectivity index (χ0) is 20.6. The Morgan fingerprint density at radius 2 is 2.00 bits per heavy atom. The average Bonchev–Trinajstić information content (AvgIpc) is 3.21. The highest BCUT2D eigenvalue weighted by molar-refractivity contribution is 5.93. The summed E-state index contributed by atoms with van der Waals surface area (Å²) in [5.74, 6) is 0.439. The number of aromatic nitrogens is 2. The highest BCUT2D eigenvalue weighted by atomic mass is 16.6. The third-order valence-corrected chi connectivity index (χ3v) is 5.77. The van der Waals surface area contributed by atoms with Gasteiger partial charge in [-0.25, -0.2) is 4.79 Å². The molecule has 1 unspecified atom stereocenters. The van der Waals surface area contributed by atoms with E-state index >= 15 is 0 Å². The summed E-state index contributed by atoms with van der Waals surface area (Å²) in [6.45, 7) is 6.01. The van der Waals surface area contributed by atoms with Gasteiger partial charge in [0.25, 0.3) is 5.91 Å². The van der Waals surface area contributed by atoms with E-state index in [-0.39, 0.29) is 12.0 Å². The van der Waals surface area contributed by atoms with Crippen LogP contribution < -0.4 is 0 Å². The zero-order valence-electron chi connectivity index (χ0n) is 17.3. The maximum absolute atomic E-state index is 13.3. The molecule has 2 amide bonds. The van der Waals surface area contributed by atoms with E-state index < -0.39 is 5.54 Å². The van der Waals surface area contributed by atoms with E-state index in [1.165, 1.54) is 0 Å². The molecule has 0 spiro atoms. The number of carbonyl (C=O) groups is 2. The van der Waals surface area contributed by atoms with Crippen LogP contribution in [-0.2, 0) is 24.6 Å². The second-order valence-electron chi connectivity index (χ2n) is 8.56. The molecule has 154 valence electrons. The van der Waals surface area contributed by atoms with Gasteiger partial charge in [-0.1, -0.05) is 44.2 Å². The summed E-state index contributed by atoms with van der Waals surface area (Å²) in [6.07, 6.45) is 1.22. The van der Waals surface area contributed by atoms with Gasteiger partial charge in [-0.2, -0.15) is 5.10 Å². The summed E-state index contributed by atoms with van der Waals surface area (Å²) in [5.41, 5.74) is 2.13. The van der Waals surface area contributed by atoms with Gasteiger partial charge in [0, 0.05) is 33.1 Å². The first-order chi connectivity index (χ1) is 13.9. The fourth-order valence-corrected chi connectivity index (χ4v) is 4.42. The molecule has 2 aliphatic rings. The Hall–Kier alpha value is -2.83. The number of hydrogen-bond acceptors (Lipinski definition) is 4. The molecular weight excluding hydrogens is 368 g/mol. The molecule has 29 heavy (non-hydrogen) atoms. The number of amides is 2. The van der Waals surface area contributed by atoms with E-state index in [0.29, 0.717) is 44.3 Å². The minimum Gasteiger partial charge on any atom is -0.447 e.